The van der Waals surface area contributed by atoms with Crippen molar-refractivity contribution in [3.63, 3.8) is 0 Å². The van der Waals surface area contributed by atoms with Crippen LogP contribution in [0.15, 0.2) is 48.7 Å². The minimum Gasteiger partial charge on any atom is -0.327 e. The average Bonchev–Trinajstić information content (AvgIpc) is 2.43. The molecule has 3 nitrogen and oxygen atoms in total. The van der Waals surface area contributed by atoms with Gasteiger partial charge >= 0.3 is 0 Å². The van der Waals surface area contributed by atoms with Gasteiger partial charge in [0.15, 0.2) is 0 Å². The fourth-order valence-corrected chi connectivity index (χ4v) is 1.97. The molecule has 0 aliphatic heterocycles. The first kappa shape index (κ1) is 12.6. The van der Waals surface area contributed by atoms with E-state index in [4.69, 9.17) is 0 Å². The van der Waals surface area contributed by atoms with Crippen molar-refractivity contribution in [3.8, 4) is 0 Å². The molecule has 3 heteroatoms. The van der Waals surface area contributed by atoms with Crippen LogP contribution in [-0.2, 0) is 6.54 Å². The zero-order chi connectivity index (χ0) is 12.8. The normalized spacial score (nSPS) is 10.3. The maximum absolute atomic E-state index is 4.53. The Hall–Kier alpha value is -1.87. The quantitative estimate of drug-likeness (QED) is 0.872. The van der Waals surface area contributed by atoms with Gasteiger partial charge in [0.1, 0.15) is 5.82 Å². The molecular formula is C15H19N3. The van der Waals surface area contributed by atoms with E-state index in [1.54, 1.807) is 0 Å². The first-order valence-corrected chi connectivity index (χ1v) is 6.27. The largest absolute Gasteiger partial charge is 0.327 e. The second kappa shape index (κ2) is 6.17. The summed E-state index contributed by atoms with van der Waals surface area (Å²) >= 11 is 0. The standard InChI is InChI=1S/C15H19N3/c1-3-18(14-7-5-4-6-8-14)15-10-9-13(11-16-2)12-17-15/h4-10,12,16H,3,11H2,1-2H3. The van der Waals surface area contributed by atoms with Crippen molar-refractivity contribution in [2.45, 2.75) is 13.5 Å². The number of rotatable bonds is 5. The van der Waals surface area contributed by atoms with Crippen LogP contribution in [0.4, 0.5) is 11.5 Å². The highest BCUT2D eigenvalue weighted by molar-refractivity contribution is 5.59. The molecule has 0 amide bonds. The fourth-order valence-electron chi connectivity index (χ4n) is 1.97. The van der Waals surface area contributed by atoms with E-state index >= 15 is 0 Å². The summed E-state index contributed by atoms with van der Waals surface area (Å²) in [7, 11) is 1.94. The Balaban J connectivity index is 2.23. The fraction of sp³-hybridized carbons (Fsp3) is 0.267. The van der Waals surface area contributed by atoms with Gasteiger partial charge in [-0.05, 0) is 37.7 Å². The Bertz CT molecular complexity index is 465. The Morgan fingerprint density at radius 2 is 1.89 bits per heavy atom. The van der Waals surface area contributed by atoms with E-state index in [9.17, 15) is 0 Å². The molecule has 0 fully saturated rings. The first-order chi connectivity index (χ1) is 8.85. The Morgan fingerprint density at radius 1 is 1.11 bits per heavy atom. The van der Waals surface area contributed by atoms with Gasteiger partial charge < -0.3 is 10.2 Å². The number of hydrogen-bond donors (Lipinski definition) is 1. The summed E-state index contributed by atoms with van der Waals surface area (Å²) in [5.74, 6) is 0.989. The van der Waals surface area contributed by atoms with Gasteiger partial charge in [-0.3, -0.25) is 0 Å². The van der Waals surface area contributed by atoms with E-state index in [2.05, 4.69) is 46.4 Å². The lowest BCUT2D eigenvalue weighted by Gasteiger charge is -2.22. The number of nitrogens with zero attached hydrogens (tertiary/aromatic N) is 2. The number of benzene rings is 1. The third kappa shape index (κ3) is 2.87. The number of nitrogens with one attached hydrogen (secondary N) is 1. The topological polar surface area (TPSA) is 28.2 Å². The van der Waals surface area contributed by atoms with Crippen molar-refractivity contribution in [1.29, 1.82) is 0 Å². The SMILES string of the molecule is CCN(c1ccccc1)c1ccc(CNC)cn1. The van der Waals surface area contributed by atoms with E-state index in [1.807, 2.05) is 31.4 Å². The van der Waals surface area contributed by atoms with Crippen LogP contribution in [0, 0.1) is 0 Å². The molecule has 18 heavy (non-hydrogen) atoms. The lowest BCUT2D eigenvalue weighted by Crippen LogP contribution is -2.17. The molecule has 0 atom stereocenters. The highest BCUT2D eigenvalue weighted by Gasteiger charge is 2.07. The minimum absolute atomic E-state index is 0.852. The molecule has 2 rings (SSSR count). The minimum atomic E-state index is 0.852. The second-order valence-electron chi connectivity index (χ2n) is 4.13. The van der Waals surface area contributed by atoms with Crippen molar-refractivity contribution in [1.82, 2.24) is 10.3 Å². The smallest absolute Gasteiger partial charge is 0.132 e. The summed E-state index contributed by atoms with van der Waals surface area (Å²) in [5, 5.41) is 3.12. The van der Waals surface area contributed by atoms with Crippen LogP contribution in [-0.4, -0.2) is 18.6 Å². The second-order valence-corrected chi connectivity index (χ2v) is 4.13. The number of hydrogen-bond acceptors (Lipinski definition) is 3. The first-order valence-electron chi connectivity index (χ1n) is 6.27. The molecular weight excluding hydrogens is 222 g/mol. The number of para-hydroxylation sites is 1. The van der Waals surface area contributed by atoms with Crippen molar-refractivity contribution < 1.29 is 0 Å². The molecule has 0 unspecified atom stereocenters. The molecule has 1 heterocycles. The zero-order valence-corrected chi connectivity index (χ0v) is 10.9. The van der Waals surface area contributed by atoms with Crippen LogP contribution in [0.1, 0.15) is 12.5 Å². The summed E-state index contributed by atoms with van der Waals surface area (Å²) in [6.45, 7) is 3.89. The summed E-state index contributed by atoms with van der Waals surface area (Å²) in [6.07, 6.45) is 1.93. The molecule has 0 aliphatic rings. The van der Waals surface area contributed by atoms with Gasteiger partial charge in [0, 0.05) is 25.0 Å². The monoisotopic (exact) mass is 241 g/mol. The third-order valence-electron chi connectivity index (χ3n) is 2.85. The molecule has 0 spiro atoms. The van der Waals surface area contributed by atoms with Gasteiger partial charge in [-0.25, -0.2) is 4.98 Å². The molecule has 0 saturated heterocycles. The van der Waals surface area contributed by atoms with Gasteiger partial charge in [-0.1, -0.05) is 24.3 Å². The lowest BCUT2D eigenvalue weighted by atomic mass is 10.2. The Labute approximate surface area is 108 Å². The highest BCUT2D eigenvalue weighted by atomic mass is 15.2. The molecule has 94 valence electrons. The zero-order valence-electron chi connectivity index (χ0n) is 10.9. The van der Waals surface area contributed by atoms with Crippen LogP contribution in [0.3, 0.4) is 0 Å². The van der Waals surface area contributed by atoms with Crippen LogP contribution in [0.2, 0.25) is 0 Å². The number of aromatic nitrogens is 1. The van der Waals surface area contributed by atoms with Crippen molar-refractivity contribution >= 4 is 11.5 Å². The molecule has 1 aromatic heterocycles. The van der Waals surface area contributed by atoms with Gasteiger partial charge in [0.05, 0.1) is 0 Å². The molecule has 0 bridgehead atoms. The van der Waals surface area contributed by atoms with Crippen LogP contribution >= 0.6 is 0 Å². The predicted molar refractivity (Wildman–Crippen MR) is 76.1 cm³/mol. The van der Waals surface area contributed by atoms with E-state index in [0.717, 1.165) is 18.9 Å². The summed E-state index contributed by atoms with van der Waals surface area (Å²) in [5.41, 5.74) is 2.37. The summed E-state index contributed by atoms with van der Waals surface area (Å²) in [4.78, 5) is 6.73. The third-order valence-corrected chi connectivity index (χ3v) is 2.85. The summed E-state index contributed by atoms with van der Waals surface area (Å²) in [6, 6.07) is 14.5. The van der Waals surface area contributed by atoms with Gasteiger partial charge in [0.25, 0.3) is 0 Å². The van der Waals surface area contributed by atoms with Gasteiger partial charge in [-0.2, -0.15) is 0 Å². The van der Waals surface area contributed by atoms with Crippen LogP contribution in [0.5, 0.6) is 0 Å². The lowest BCUT2D eigenvalue weighted by molar-refractivity contribution is 0.812. The van der Waals surface area contributed by atoms with E-state index < -0.39 is 0 Å². The predicted octanol–water partition coefficient (Wildman–Crippen LogP) is 2.96. The van der Waals surface area contributed by atoms with Crippen molar-refractivity contribution in [3.05, 3.63) is 54.2 Å². The van der Waals surface area contributed by atoms with E-state index in [-0.39, 0.29) is 0 Å². The van der Waals surface area contributed by atoms with Crippen molar-refractivity contribution in [2.75, 3.05) is 18.5 Å². The number of pyridine rings is 1. The highest BCUT2D eigenvalue weighted by Crippen LogP contribution is 2.22. The average molecular weight is 241 g/mol. The van der Waals surface area contributed by atoms with Crippen LogP contribution in [0.25, 0.3) is 0 Å². The molecule has 0 aliphatic carbocycles. The number of anilines is 2. The molecule has 2 aromatic rings. The maximum Gasteiger partial charge on any atom is 0.132 e. The van der Waals surface area contributed by atoms with Gasteiger partial charge in [-0.15, -0.1) is 0 Å². The van der Waals surface area contributed by atoms with Crippen molar-refractivity contribution in [2.24, 2.45) is 0 Å². The van der Waals surface area contributed by atoms with E-state index in [1.165, 1.54) is 11.3 Å². The maximum atomic E-state index is 4.53. The van der Waals surface area contributed by atoms with E-state index in [0.29, 0.717) is 0 Å². The molecule has 1 N–H and O–H groups in total. The van der Waals surface area contributed by atoms with Crippen LogP contribution < -0.4 is 10.2 Å². The Kier molecular flexibility index (Phi) is 4.31. The Morgan fingerprint density at radius 3 is 2.44 bits per heavy atom. The summed E-state index contributed by atoms with van der Waals surface area (Å²) < 4.78 is 0. The molecule has 0 saturated carbocycles. The molecule has 0 radical (unpaired) electrons. The van der Waals surface area contributed by atoms with Gasteiger partial charge in [0.2, 0.25) is 0 Å². The molecule has 1 aromatic carbocycles.